The van der Waals surface area contributed by atoms with E-state index in [0.717, 1.165) is 0 Å². The van der Waals surface area contributed by atoms with Crippen LogP contribution in [0.15, 0.2) is 27.7 Å². The Balaban J connectivity index is 2.34. The van der Waals surface area contributed by atoms with Crippen LogP contribution < -0.4 is 0 Å². The second-order valence-corrected chi connectivity index (χ2v) is 5.60. The Bertz CT molecular complexity index is 590. The van der Waals surface area contributed by atoms with Crippen LogP contribution in [0.3, 0.4) is 0 Å². The minimum absolute atomic E-state index is 0.168. The number of esters is 1. The molecule has 1 atom stereocenters. The van der Waals surface area contributed by atoms with Crippen LogP contribution in [0.1, 0.15) is 11.4 Å². The smallest absolute Gasteiger partial charge is 0.359 e. The van der Waals surface area contributed by atoms with Crippen LogP contribution in [0, 0.1) is 12.3 Å². The van der Waals surface area contributed by atoms with Crippen molar-refractivity contribution < 1.29 is 14.1 Å². The van der Waals surface area contributed by atoms with E-state index in [9.17, 15) is 9.35 Å². The number of nitrogens with zero attached hydrogens (tertiary/aromatic N) is 3. The highest BCUT2D eigenvalue weighted by Gasteiger charge is 2.34. The van der Waals surface area contributed by atoms with Gasteiger partial charge in [-0.25, -0.2) is 9.78 Å². The van der Waals surface area contributed by atoms with Crippen molar-refractivity contribution in [2.45, 2.75) is 6.42 Å². The van der Waals surface area contributed by atoms with E-state index in [1.165, 1.54) is 28.8 Å². The van der Waals surface area contributed by atoms with Crippen molar-refractivity contribution in [1.82, 2.24) is 9.29 Å². The first-order chi connectivity index (χ1) is 9.67. The van der Waals surface area contributed by atoms with E-state index >= 15 is 0 Å². The van der Waals surface area contributed by atoms with Gasteiger partial charge in [0.1, 0.15) is 5.01 Å². The summed E-state index contributed by atoms with van der Waals surface area (Å²) in [7, 11) is 1.26. The zero-order valence-electron chi connectivity index (χ0n) is 10.6. The summed E-state index contributed by atoms with van der Waals surface area (Å²) in [6.45, 7) is 0.263. The van der Waals surface area contributed by atoms with Crippen LogP contribution in [0.4, 0.5) is 0 Å². The van der Waals surface area contributed by atoms with Gasteiger partial charge in [-0.05, 0) is 4.40 Å². The van der Waals surface area contributed by atoms with Crippen LogP contribution >= 0.6 is 11.3 Å². The van der Waals surface area contributed by atoms with Crippen molar-refractivity contribution in [3.8, 4) is 12.3 Å². The van der Waals surface area contributed by atoms with Gasteiger partial charge in [0, 0.05) is 24.1 Å². The number of rotatable bonds is 4. The Hall–Kier alpha value is -1.82. The third kappa shape index (κ3) is 3.01. The van der Waals surface area contributed by atoms with Crippen LogP contribution in [-0.4, -0.2) is 39.2 Å². The van der Waals surface area contributed by atoms with Crippen LogP contribution in [0.25, 0.3) is 0 Å². The number of methoxy groups -OCH3 is 1. The lowest BCUT2D eigenvalue weighted by Gasteiger charge is -2.24. The summed E-state index contributed by atoms with van der Waals surface area (Å²) in [5, 5.41) is 2.37. The molecule has 0 bridgehead atoms. The molecular weight excluding hydrogens is 298 g/mol. The van der Waals surface area contributed by atoms with E-state index in [4.69, 9.17) is 11.2 Å². The zero-order valence-corrected chi connectivity index (χ0v) is 12.2. The number of hydrogen-bond acceptors (Lipinski definition) is 7. The summed E-state index contributed by atoms with van der Waals surface area (Å²) >= 11 is -0.375. The predicted molar refractivity (Wildman–Crippen MR) is 77.0 cm³/mol. The standard InChI is InChI=1S/C12H11N3O3S2/c1-3-4-6-15-10(12(16)18-2)8-9(14-20(15)17)11-13-5-7-19-11/h1,5,7-8H,4,6H2,2H3. The molecule has 8 heteroatoms. The average Bonchev–Trinajstić information content (AvgIpc) is 2.98. The lowest BCUT2D eigenvalue weighted by Crippen LogP contribution is -2.37. The molecule has 0 N–H and O–H groups in total. The first-order valence-electron chi connectivity index (χ1n) is 5.59. The molecule has 104 valence electrons. The highest BCUT2D eigenvalue weighted by molar-refractivity contribution is 7.88. The molecule has 2 rings (SSSR count). The van der Waals surface area contributed by atoms with Crippen molar-refractivity contribution in [2.24, 2.45) is 4.40 Å². The number of terminal acetylenes is 1. The maximum absolute atomic E-state index is 12.1. The summed E-state index contributed by atoms with van der Waals surface area (Å²) in [6.07, 6.45) is 8.67. The fourth-order valence-electron chi connectivity index (χ4n) is 1.53. The molecule has 0 aliphatic carbocycles. The predicted octanol–water partition coefficient (Wildman–Crippen LogP) is 0.907. The minimum Gasteiger partial charge on any atom is -0.566 e. The molecule has 1 aliphatic rings. The van der Waals surface area contributed by atoms with Crippen molar-refractivity contribution in [3.63, 3.8) is 0 Å². The van der Waals surface area contributed by atoms with Gasteiger partial charge in [-0.15, -0.1) is 23.7 Å². The molecule has 0 amide bonds. The highest BCUT2D eigenvalue weighted by atomic mass is 32.2. The highest BCUT2D eigenvalue weighted by Crippen LogP contribution is 2.23. The average molecular weight is 309 g/mol. The molecule has 0 fully saturated rings. The molecule has 0 radical (unpaired) electrons. The van der Waals surface area contributed by atoms with E-state index in [0.29, 0.717) is 17.1 Å². The molecule has 1 aromatic rings. The maximum atomic E-state index is 12.1. The molecule has 0 spiro atoms. The van der Waals surface area contributed by atoms with Gasteiger partial charge in [-0.3, -0.25) is 0 Å². The Labute approximate surface area is 123 Å². The molecule has 0 saturated carbocycles. The Kier molecular flexibility index (Phi) is 4.79. The number of hydrogen-bond donors (Lipinski definition) is 0. The second-order valence-electron chi connectivity index (χ2n) is 3.62. The Morgan fingerprint density at radius 3 is 3.10 bits per heavy atom. The summed E-state index contributed by atoms with van der Waals surface area (Å²) in [6, 6.07) is 0. The summed E-state index contributed by atoms with van der Waals surface area (Å²) in [4.78, 5) is 15.9. The van der Waals surface area contributed by atoms with Gasteiger partial charge in [0.05, 0.1) is 13.7 Å². The molecule has 0 aromatic carbocycles. The van der Waals surface area contributed by atoms with E-state index < -0.39 is 17.5 Å². The molecule has 1 aliphatic heterocycles. The lowest BCUT2D eigenvalue weighted by atomic mass is 10.3. The van der Waals surface area contributed by atoms with Crippen molar-refractivity contribution >= 4 is 34.6 Å². The molecule has 6 nitrogen and oxygen atoms in total. The summed E-state index contributed by atoms with van der Waals surface area (Å²) in [5.74, 6) is 1.85. The van der Waals surface area contributed by atoms with E-state index in [1.54, 1.807) is 11.6 Å². The van der Waals surface area contributed by atoms with Crippen LogP contribution in [0.5, 0.6) is 0 Å². The van der Waals surface area contributed by atoms with E-state index in [-0.39, 0.29) is 12.2 Å². The van der Waals surface area contributed by atoms with Gasteiger partial charge in [-0.1, -0.05) is 0 Å². The molecule has 2 heterocycles. The number of aromatic nitrogens is 1. The van der Waals surface area contributed by atoms with Crippen molar-refractivity contribution in [1.29, 1.82) is 0 Å². The van der Waals surface area contributed by atoms with Gasteiger partial charge in [-0.2, -0.15) is 4.31 Å². The molecule has 0 saturated heterocycles. The second kappa shape index (κ2) is 6.56. The van der Waals surface area contributed by atoms with Crippen molar-refractivity contribution in [3.05, 3.63) is 28.4 Å². The Morgan fingerprint density at radius 2 is 2.50 bits per heavy atom. The van der Waals surface area contributed by atoms with Gasteiger partial charge in [0.15, 0.2) is 11.4 Å². The first kappa shape index (κ1) is 14.6. The molecule has 1 aromatic heterocycles. The lowest BCUT2D eigenvalue weighted by molar-refractivity contribution is -0.137. The van der Waals surface area contributed by atoms with Crippen LogP contribution in [0.2, 0.25) is 0 Å². The van der Waals surface area contributed by atoms with Crippen LogP contribution in [-0.2, 0) is 21.1 Å². The third-order valence-electron chi connectivity index (χ3n) is 2.41. The number of ether oxygens (including phenoxy) is 1. The van der Waals surface area contributed by atoms with Gasteiger partial charge < -0.3 is 9.29 Å². The molecular formula is C12H11N3O3S2. The van der Waals surface area contributed by atoms with Crippen molar-refractivity contribution in [2.75, 3.05) is 13.7 Å². The zero-order chi connectivity index (χ0) is 14.5. The number of thiazole rings is 1. The Morgan fingerprint density at radius 1 is 1.70 bits per heavy atom. The van der Waals surface area contributed by atoms with Gasteiger partial charge >= 0.3 is 5.97 Å². The molecule has 1 unspecified atom stereocenters. The monoisotopic (exact) mass is 309 g/mol. The van der Waals surface area contributed by atoms with Gasteiger partial charge in [0.25, 0.3) is 0 Å². The summed E-state index contributed by atoms with van der Waals surface area (Å²) < 4.78 is 22.2. The normalized spacial score (nSPS) is 18.1. The fraction of sp³-hybridized carbons (Fsp3) is 0.250. The van der Waals surface area contributed by atoms with E-state index in [2.05, 4.69) is 15.3 Å². The van der Waals surface area contributed by atoms with Gasteiger partial charge in [0.2, 0.25) is 11.5 Å². The number of carbonyl (C=O) groups is 1. The molecule has 20 heavy (non-hydrogen) atoms. The fourth-order valence-corrected chi connectivity index (χ4v) is 3.13. The largest absolute Gasteiger partial charge is 0.566 e. The SMILES string of the molecule is C#CCCN1C(C(=O)OC)=CC(c2nccs2)=N[S+]1[O-]. The number of allylic oxidation sites excluding steroid dienone is 1. The maximum Gasteiger partial charge on any atom is 0.359 e. The summed E-state index contributed by atoms with van der Waals surface area (Å²) in [5.41, 5.74) is 0.567. The first-order valence-corrected chi connectivity index (χ1v) is 7.53. The third-order valence-corrected chi connectivity index (χ3v) is 4.32. The van der Waals surface area contributed by atoms with E-state index in [1.807, 2.05) is 0 Å². The quantitative estimate of drug-likeness (QED) is 0.469. The minimum atomic E-state index is -1.72. The number of carbonyl (C=O) groups excluding carboxylic acids is 1. The topological polar surface area (TPSA) is 77.9 Å².